The molecule has 0 amide bonds. The number of nitrogens with zero attached hydrogens (tertiary/aromatic N) is 3. The van der Waals surface area contributed by atoms with Gasteiger partial charge in [0.2, 0.25) is 0 Å². The highest BCUT2D eigenvalue weighted by molar-refractivity contribution is 5.15. The van der Waals surface area contributed by atoms with Crippen LogP contribution < -0.4 is 0 Å². The molecule has 1 aliphatic carbocycles. The van der Waals surface area contributed by atoms with E-state index >= 15 is 0 Å². The van der Waals surface area contributed by atoms with Crippen LogP contribution in [0.1, 0.15) is 24.2 Å². The maximum absolute atomic E-state index is 4.14. The first-order chi connectivity index (χ1) is 5.88. The monoisotopic (exact) mass is 163 g/mol. The largest absolute Gasteiger partial charge is 0.252 e. The van der Waals surface area contributed by atoms with E-state index in [1.54, 1.807) is 0 Å². The number of hydrogen-bond acceptors (Lipinski definition) is 2. The molecule has 1 aromatic rings. The average Bonchev–Trinajstić information content (AvgIpc) is 2.31. The first kappa shape index (κ1) is 7.53. The van der Waals surface area contributed by atoms with Gasteiger partial charge in [-0.2, -0.15) is 0 Å². The van der Waals surface area contributed by atoms with E-state index in [-0.39, 0.29) is 0 Å². The number of aryl methyl sites for hydroxylation is 2. The molecule has 12 heavy (non-hydrogen) atoms. The van der Waals surface area contributed by atoms with Crippen molar-refractivity contribution < 1.29 is 0 Å². The van der Waals surface area contributed by atoms with E-state index in [4.69, 9.17) is 0 Å². The lowest BCUT2D eigenvalue weighted by Crippen LogP contribution is -2.00. The van der Waals surface area contributed by atoms with Crippen LogP contribution in [-0.4, -0.2) is 15.0 Å². The lowest BCUT2D eigenvalue weighted by Gasteiger charge is -2.03. The Hall–Kier alpha value is -1.12. The smallest absolute Gasteiger partial charge is 0.0862 e. The average molecular weight is 163 g/mol. The first-order valence-electron chi connectivity index (χ1n) is 4.40. The van der Waals surface area contributed by atoms with Crippen LogP contribution in [0.5, 0.6) is 0 Å². The van der Waals surface area contributed by atoms with Gasteiger partial charge in [-0.3, -0.25) is 4.68 Å². The fourth-order valence-corrected chi connectivity index (χ4v) is 1.56. The molecule has 0 aliphatic heterocycles. The van der Waals surface area contributed by atoms with Crippen molar-refractivity contribution in [2.75, 3.05) is 0 Å². The summed E-state index contributed by atoms with van der Waals surface area (Å²) in [6.45, 7) is 0. The maximum atomic E-state index is 4.14. The molecule has 3 heteroatoms. The molecule has 0 radical (unpaired) electrons. The van der Waals surface area contributed by atoms with Crippen molar-refractivity contribution in [2.24, 2.45) is 7.05 Å². The SMILES string of the molecule is Cn1nnc2c1C/C=C\CCC2. The zero-order valence-electron chi connectivity index (χ0n) is 7.32. The molecule has 1 aliphatic rings. The molecule has 0 N–H and O–H groups in total. The Labute approximate surface area is 72.1 Å². The van der Waals surface area contributed by atoms with Gasteiger partial charge in [0.25, 0.3) is 0 Å². The van der Waals surface area contributed by atoms with Gasteiger partial charge >= 0.3 is 0 Å². The molecular formula is C9H13N3. The lowest BCUT2D eigenvalue weighted by molar-refractivity contribution is 0.688. The Balaban J connectivity index is 2.34. The van der Waals surface area contributed by atoms with Crippen LogP contribution in [-0.2, 0) is 19.9 Å². The molecule has 1 aromatic heterocycles. The van der Waals surface area contributed by atoms with E-state index in [0.29, 0.717) is 0 Å². The van der Waals surface area contributed by atoms with Gasteiger partial charge in [0, 0.05) is 13.5 Å². The number of allylic oxidation sites excluding steroid dienone is 2. The van der Waals surface area contributed by atoms with Gasteiger partial charge in [0.15, 0.2) is 0 Å². The van der Waals surface area contributed by atoms with E-state index in [1.165, 1.54) is 24.2 Å². The highest BCUT2D eigenvalue weighted by Crippen LogP contribution is 2.12. The summed E-state index contributed by atoms with van der Waals surface area (Å²) in [6, 6.07) is 0. The lowest BCUT2D eigenvalue weighted by atomic mass is 10.1. The molecule has 0 fully saturated rings. The second kappa shape index (κ2) is 3.09. The molecule has 0 unspecified atom stereocenters. The van der Waals surface area contributed by atoms with Crippen LogP contribution in [0.15, 0.2) is 12.2 Å². The minimum absolute atomic E-state index is 0.985. The summed E-state index contributed by atoms with van der Waals surface area (Å²) in [5.74, 6) is 0. The summed E-state index contributed by atoms with van der Waals surface area (Å²) in [6.07, 6.45) is 8.89. The van der Waals surface area contributed by atoms with E-state index < -0.39 is 0 Å². The second-order valence-corrected chi connectivity index (χ2v) is 3.17. The molecule has 0 spiro atoms. The maximum Gasteiger partial charge on any atom is 0.0862 e. The van der Waals surface area contributed by atoms with Gasteiger partial charge < -0.3 is 0 Å². The minimum Gasteiger partial charge on any atom is -0.252 e. The Kier molecular flexibility index (Phi) is 1.94. The zero-order chi connectivity index (χ0) is 8.39. The quantitative estimate of drug-likeness (QED) is 0.539. The molecule has 0 aromatic carbocycles. The minimum atomic E-state index is 0.985. The molecule has 64 valence electrons. The summed E-state index contributed by atoms with van der Waals surface area (Å²) < 4.78 is 1.88. The van der Waals surface area contributed by atoms with Crippen LogP contribution in [0.3, 0.4) is 0 Å². The number of aromatic nitrogens is 3. The van der Waals surface area contributed by atoms with Gasteiger partial charge in [-0.25, -0.2) is 0 Å². The predicted octanol–water partition coefficient (Wildman–Crippen LogP) is 1.25. The van der Waals surface area contributed by atoms with Crippen molar-refractivity contribution in [3.63, 3.8) is 0 Å². The van der Waals surface area contributed by atoms with Crippen molar-refractivity contribution in [1.82, 2.24) is 15.0 Å². The third kappa shape index (κ3) is 1.26. The van der Waals surface area contributed by atoms with Gasteiger partial charge in [0.1, 0.15) is 0 Å². The van der Waals surface area contributed by atoms with Crippen LogP contribution in [0.25, 0.3) is 0 Å². The Morgan fingerprint density at radius 1 is 1.42 bits per heavy atom. The molecule has 0 saturated heterocycles. The highest BCUT2D eigenvalue weighted by atomic mass is 15.4. The van der Waals surface area contributed by atoms with E-state index in [1.807, 2.05) is 11.7 Å². The number of rotatable bonds is 0. The van der Waals surface area contributed by atoms with Crippen molar-refractivity contribution in [3.05, 3.63) is 23.5 Å². The third-order valence-corrected chi connectivity index (χ3v) is 2.29. The molecule has 0 bridgehead atoms. The summed E-state index contributed by atoms with van der Waals surface area (Å²) in [5, 5.41) is 8.15. The van der Waals surface area contributed by atoms with Crippen LogP contribution >= 0.6 is 0 Å². The Morgan fingerprint density at radius 2 is 2.33 bits per heavy atom. The highest BCUT2D eigenvalue weighted by Gasteiger charge is 2.09. The van der Waals surface area contributed by atoms with Gasteiger partial charge in [-0.15, -0.1) is 5.10 Å². The van der Waals surface area contributed by atoms with Crippen molar-refractivity contribution >= 4 is 0 Å². The van der Waals surface area contributed by atoms with Crippen molar-refractivity contribution in [3.8, 4) is 0 Å². The Morgan fingerprint density at radius 3 is 3.25 bits per heavy atom. The fraction of sp³-hybridized carbons (Fsp3) is 0.556. The van der Waals surface area contributed by atoms with Crippen LogP contribution in [0.4, 0.5) is 0 Å². The van der Waals surface area contributed by atoms with Gasteiger partial charge in [-0.1, -0.05) is 17.4 Å². The third-order valence-electron chi connectivity index (χ3n) is 2.29. The van der Waals surface area contributed by atoms with E-state index in [2.05, 4.69) is 22.5 Å². The molecule has 1 heterocycles. The summed E-state index contributed by atoms with van der Waals surface area (Å²) in [4.78, 5) is 0. The summed E-state index contributed by atoms with van der Waals surface area (Å²) >= 11 is 0. The normalized spacial score (nSPS) is 19.4. The van der Waals surface area contributed by atoms with E-state index in [0.717, 1.165) is 12.8 Å². The van der Waals surface area contributed by atoms with Crippen molar-refractivity contribution in [1.29, 1.82) is 0 Å². The number of fused-ring (bicyclic) bond motifs is 1. The van der Waals surface area contributed by atoms with E-state index in [9.17, 15) is 0 Å². The van der Waals surface area contributed by atoms with Crippen molar-refractivity contribution in [2.45, 2.75) is 25.7 Å². The summed E-state index contributed by atoms with van der Waals surface area (Å²) in [7, 11) is 1.96. The predicted molar refractivity (Wildman–Crippen MR) is 46.8 cm³/mol. The number of hydrogen-bond donors (Lipinski definition) is 0. The molecule has 0 atom stereocenters. The fourth-order valence-electron chi connectivity index (χ4n) is 1.56. The zero-order valence-corrected chi connectivity index (χ0v) is 7.32. The topological polar surface area (TPSA) is 30.7 Å². The van der Waals surface area contributed by atoms with Crippen LogP contribution in [0, 0.1) is 0 Å². The second-order valence-electron chi connectivity index (χ2n) is 3.17. The van der Waals surface area contributed by atoms with Crippen LogP contribution in [0.2, 0.25) is 0 Å². The standard InChI is InChI=1S/C9H13N3/c1-12-9-7-5-3-2-4-6-8(9)10-11-12/h3,5H,2,4,6-7H2,1H3/b5-3-. The Bertz CT molecular complexity index is 299. The summed E-state index contributed by atoms with van der Waals surface area (Å²) in [5.41, 5.74) is 2.45. The molecule has 3 nitrogen and oxygen atoms in total. The molecular weight excluding hydrogens is 150 g/mol. The molecule has 0 saturated carbocycles. The van der Waals surface area contributed by atoms with Gasteiger partial charge in [0.05, 0.1) is 11.4 Å². The first-order valence-corrected chi connectivity index (χ1v) is 4.40. The molecule has 2 rings (SSSR count). The van der Waals surface area contributed by atoms with Gasteiger partial charge in [-0.05, 0) is 19.3 Å².